The maximum Gasteiger partial charge on any atom is 0.244 e. The van der Waals surface area contributed by atoms with Crippen molar-refractivity contribution >= 4 is 10.0 Å². The molecule has 1 aromatic rings. The predicted octanol–water partition coefficient (Wildman–Crippen LogP) is 1.19. The van der Waals surface area contributed by atoms with Gasteiger partial charge in [-0.05, 0) is 41.2 Å². The highest BCUT2D eigenvalue weighted by molar-refractivity contribution is 7.89. The zero-order valence-electron chi connectivity index (χ0n) is 13.2. The van der Waals surface area contributed by atoms with Crippen LogP contribution in [-0.4, -0.2) is 36.8 Å². The second-order valence-corrected chi connectivity index (χ2v) is 7.55. The first-order chi connectivity index (χ1) is 9.08. The van der Waals surface area contributed by atoms with Crippen molar-refractivity contribution in [1.29, 1.82) is 0 Å². The van der Waals surface area contributed by atoms with Crippen LogP contribution in [0.25, 0.3) is 0 Å². The summed E-state index contributed by atoms with van der Waals surface area (Å²) in [5.74, 6) is 0. The van der Waals surface area contributed by atoms with E-state index in [0.717, 1.165) is 13.1 Å². The largest absolute Gasteiger partial charge is 0.315 e. The highest BCUT2D eigenvalue weighted by atomic mass is 32.2. The standard InChI is InChI=1S/C13H26N4O2S/c1-7-14-8-9-17-11(3)12(10(2)15-17)20(18,19)16-13(4,5)6/h14,16H,7-9H2,1-6H3. The van der Waals surface area contributed by atoms with Gasteiger partial charge in [0.25, 0.3) is 0 Å². The van der Waals surface area contributed by atoms with Crippen LogP contribution in [0.15, 0.2) is 4.90 Å². The van der Waals surface area contributed by atoms with Gasteiger partial charge >= 0.3 is 0 Å². The Morgan fingerprint density at radius 2 is 1.85 bits per heavy atom. The van der Waals surface area contributed by atoms with Crippen LogP contribution in [0.1, 0.15) is 39.1 Å². The van der Waals surface area contributed by atoms with Gasteiger partial charge in [0.15, 0.2) is 0 Å². The van der Waals surface area contributed by atoms with Gasteiger partial charge in [-0.1, -0.05) is 6.92 Å². The molecule has 116 valence electrons. The monoisotopic (exact) mass is 302 g/mol. The van der Waals surface area contributed by atoms with E-state index < -0.39 is 15.6 Å². The highest BCUT2D eigenvalue weighted by Crippen LogP contribution is 2.20. The summed E-state index contributed by atoms with van der Waals surface area (Å²) in [6.45, 7) is 13.3. The van der Waals surface area contributed by atoms with Crippen LogP contribution in [0.3, 0.4) is 0 Å². The minimum Gasteiger partial charge on any atom is -0.315 e. The van der Waals surface area contributed by atoms with E-state index in [-0.39, 0.29) is 0 Å². The van der Waals surface area contributed by atoms with Crippen LogP contribution in [0, 0.1) is 13.8 Å². The molecule has 0 atom stereocenters. The lowest BCUT2D eigenvalue weighted by atomic mass is 10.1. The van der Waals surface area contributed by atoms with E-state index in [1.807, 2.05) is 27.7 Å². The Hall–Kier alpha value is -0.920. The average molecular weight is 302 g/mol. The van der Waals surface area contributed by atoms with Crippen LogP contribution in [0.2, 0.25) is 0 Å². The van der Waals surface area contributed by atoms with Crippen LogP contribution >= 0.6 is 0 Å². The van der Waals surface area contributed by atoms with Gasteiger partial charge in [-0.2, -0.15) is 5.10 Å². The van der Waals surface area contributed by atoms with E-state index in [4.69, 9.17) is 0 Å². The number of aryl methyl sites for hydroxylation is 1. The summed E-state index contributed by atoms with van der Waals surface area (Å²) >= 11 is 0. The fourth-order valence-corrected chi connectivity index (χ4v) is 3.94. The molecule has 1 rings (SSSR count). The third kappa shape index (κ3) is 4.29. The molecule has 0 radical (unpaired) electrons. The van der Waals surface area contributed by atoms with Crippen molar-refractivity contribution in [2.45, 2.75) is 58.5 Å². The molecule has 6 nitrogen and oxygen atoms in total. The number of hydrogen-bond acceptors (Lipinski definition) is 4. The van der Waals surface area contributed by atoms with Crippen molar-refractivity contribution < 1.29 is 8.42 Å². The smallest absolute Gasteiger partial charge is 0.244 e. The minimum atomic E-state index is -3.54. The zero-order valence-corrected chi connectivity index (χ0v) is 14.1. The van der Waals surface area contributed by atoms with Gasteiger partial charge in [0.1, 0.15) is 4.90 Å². The summed E-state index contributed by atoms with van der Waals surface area (Å²) in [4.78, 5) is 0.295. The molecule has 7 heteroatoms. The summed E-state index contributed by atoms with van der Waals surface area (Å²) in [6, 6.07) is 0. The highest BCUT2D eigenvalue weighted by Gasteiger charge is 2.28. The maximum absolute atomic E-state index is 12.5. The van der Waals surface area contributed by atoms with Crippen LogP contribution in [0.4, 0.5) is 0 Å². The molecule has 0 bridgehead atoms. The lowest BCUT2D eigenvalue weighted by Gasteiger charge is -2.20. The number of likely N-dealkylation sites (N-methyl/N-ethyl adjacent to an activating group) is 1. The molecule has 0 amide bonds. The zero-order chi connectivity index (χ0) is 15.6. The van der Waals surface area contributed by atoms with Gasteiger partial charge in [-0.3, -0.25) is 4.68 Å². The van der Waals surface area contributed by atoms with E-state index in [0.29, 0.717) is 22.8 Å². The van der Waals surface area contributed by atoms with Gasteiger partial charge in [0.2, 0.25) is 10.0 Å². The number of hydrogen-bond donors (Lipinski definition) is 2. The molecule has 2 N–H and O–H groups in total. The van der Waals surface area contributed by atoms with Crippen molar-refractivity contribution in [1.82, 2.24) is 19.8 Å². The quantitative estimate of drug-likeness (QED) is 0.774. The SMILES string of the molecule is CCNCCn1nc(C)c(S(=O)(=O)NC(C)(C)C)c1C. The van der Waals surface area contributed by atoms with Crippen molar-refractivity contribution in [3.63, 3.8) is 0 Å². The Labute approximate surface area is 122 Å². The first kappa shape index (κ1) is 17.1. The molecule has 1 aromatic heterocycles. The number of aromatic nitrogens is 2. The second kappa shape index (κ2) is 6.24. The van der Waals surface area contributed by atoms with Crippen molar-refractivity contribution in [2.24, 2.45) is 0 Å². The lowest BCUT2D eigenvalue weighted by Crippen LogP contribution is -2.40. The molecule has 20 heavy (non-hydrogen) atoms. The Balaban J connectivity index is 3.07. The van der Waals surface area contributed by atoms with Gasteiger partial charge in [-0.25, -0.2) is 13.1 Å². The fraction of sp³-hybridized carbons (Fsp3) is 0.769. The molecule has 0 fully saturated rings. The van der Waals surface area contributed by atoms with Crippen LogP contribution < -0.4 is 10.0 Å². The predicted molar refractivity (Wildman–Crippen MR) is 80.3 cm³/mol. The number of sulfonamides is 1. The number of nitrogens with one attached hydrogen (secondary N) is 2. The molecule has 0 aliphatic heterocycles. The molecule has 0 aliphatic rings. The maximum atomic E-state index is 12.5. The van der Waals surface area contributed by atoms with E-state index in [2.05, 4.69) is 15.1 Å². The second-order valence-electron chi connectivity index (χ2n) is 5.93. The van der Waals surface area contributed by atoms with Gasteiger partial charge in [0, 0.05) is 12.1 Å². The topological polar surface area (TPSA) is 76.0 Å². The molecule has 0 saturated heterocycles. The average Bonchev–Trinajstić information content (AvgIpc) is 2.51. The first-order valence-corrected chi connectivity index (χ1v) is 8.35. The molecule has 0 spiro atoms. The molecular formula is C13H26N4O2S. The summed E-state index contributed by atoms with van der Waals surface area (Å²) in [6.07, 6.45) is 0. The molecule has 1 heterocycles. The molecule has 0 aliphatic carbocycles. The summed E-state index contributed by atoms with van der Waals surface area (Å²) < 4.78 is 29.3. The Bertz CT molecular complexity index is 556. The normalized spacial score (nSPS) is 12.9. The Morgan fingerprint density at radius 3 is 2.35 bits per heavy atom. The molecule has 0 unspecified atom stereocenters. The summed E-state index contributed by atoms with van der Waals surface area (Å²) in [5, 5.41) is 7.54. The summed E-state index contributed by atoms with van der Waals surface area (Å²) in [7, 11) is -3.54. The minimum absolute atomic E-state index is 0.295. The number of rotatable bonds is 6. The Kier molecular flexibility index (Phi) is 5.34. The molecule has 0 saturated carbocycles. The van der Waals surface area contributed by atoms with Gasteiger partial charge < -0.3 is 5.32 Å². The van der Waals surface area contributed by atoms with E-state index in [1.54, 1.807) is 18.5 Å². The van der Waals surface area contributed by atoms with E-state index in [1.165, 1.54) is 0 Å². The Morgan fingerprint density at radius 1 is 1.25 bits per heavy atom. The van der Waals surface area contributed by atoms with Crippen molar-refractivity contribution in [3.05, 3.63) is 11.4 Å². The van der Waals surface area contributed by atoms with Crippen LogP contribution in [0.5, 0.6) is 0 Å². The number of nitrogens with zero attached hydrogens (tertiary/aromatic N) is 2. The molecular weight excluding hydrogens is 276 g/mol. The van der Waals surface area contributed by atoms with Crippen molar-refractivity contribution in [3.8, 4) is 0 Å². The van der Waals surface area contributed by atoms with E-state index in [9.17, 15) is 8.42 Å². The summed E-state index contributed by atoms with van der Waals surface area (Å²) in [5.41, 5.74) is 0.705. The molecule has 0 aromatic carbocycles. The van der Waals surface area contributed by atoms with Crippen molar-refractivity contribution in [2.75, 3.05) is 13.1 Å². The van der Waals surface area contributed by atoms with Gasteiger partial charge in [-0.15, -0.1) is 0 Å². The third-order valence-corrected chi connectivity index (χ3v) is 4.78. The first-order valence-electron chi connectivity index (χ1n) is 6.87. The van der Waals surface area contributed by atoms with Gasteiger partial charge in [0.05, 0.1) is 17.9 Å². The third-order valence-electron chi connectivity index (χ3n) is 2.77. The van der Waals surface area contributed by atoms with Crippen LogP contribution in [-0.2, 0) is 16.6 Å². The van der Waals surface area contributed by atoms with E-state index >= 15 is 0 Å². The lowest BCUT2D eigenvalue weighted by molar-refractivity contribution is 0.490. The fourth-order valence-electron chi connectivity index (χ4n) is 2.10.